The van der Waals surface area contributed by atoms with Crippen molar-refractivity contribution in [2.45, 2.75) is 31.8 Å². The number of aromatic nitrogens is 1. The molecule has 1 aromatic heterocycles. The van der Waals surface area contributed by atoms with Crippen molar-refractivity contribution in [3.8, 4) is 0 Å². The monoisotopic (exact) mass is 327 g/mol. The van der Waals surface area contributed by atoms with Gasteiger partial charge in [-0.1, -0.05) is 24.3 Å². The third-order valence-corrected chi connectivity index (χ3v) is 4.63. The molecular formula is C19H22FN3O. The first-order valence-electron chi connectivity index (χ1n) is 8.25. The van der Waals surface area contributed by atoms with Crippen LogP contribution in [0.5, 0.6) is 0 Å². The van der Waals surface area contributed by atoms with E-state index < -0.39 is 5.54 Å². The summed E-state index contributed by atoms with van der Waals surface area (Å²) in [4.78, 5) is 18.4. The molecule has 0 bridgehead atoms. The summed E-state index contributed by atoms with van der Waals surface area (Å²) in [6.45, 7) is 3.83. The molecule has 4 nitrogen and oxygen atoms in total. The highest BCUT2D eigenvalue weighted by Crippen LogP contribution is 2.34. The van der Waals surface area contributed by atoms with Crippen LogP contribution in [0.1, 0.15) is 31.0 Å². The van der Waals surface area contributed by atoms with Crippen molar-refractivity contribution in [1.29, 1.82) is 0 Å². The van der Waals surface area contributed by atoms with Crippen LogP contribution in [0.2, 0.25) is 0 Å². The SMILES string of the molecule is CC(=O)NC1(c2ccccc2F)CCN(Cc2ccccn2)CC1. The Morgan fingerprint density at radius 3 is 2.54 bits per heavy atom. The highest BCUT2D eigenvalue weighted by atomic mass is 19.1. The molecule has 1 fully saturated rings. The minimum atomic E-state index is -0.627. The van der Waals surface area contributed by atoms with Crippen molar-refractivity contribution in [3.63, 3.8) is 0 Å². The highest BCUT2D eigenvalue weighted by Gasteiger charge is 2.38. The zero-order chi connectivity index (χ0) is 17.0. The smallest absolute Gasteiger partial charge is 0.217 e. The van der Waals surface area contributed by atoms with E-state index >= 15 is 0 Å². The van der Waals surface area contributed by atoms with Crippen molar-refractivity contribution < 1.29 is 9.18 Å². The maximum Gasteiger partial charge on any atom is 0.217 e. The first-order valence-corrected chi connectivity index (χ1v) is 8.25. The summed E-state index contributed by atoms with van der Waals surface area (Å²) in [6, 6.07) is 12.6. The van der Waals surface area contributed by atoms with E-state index in [0.29, 0.717) is 18.4 Å². The lowest BCUT2D eigenvalue weighted by Gasteiger charge is -2.42. The van der Waals surface area contributed by atoms with E-state index in [0.717, 1.165) is 25.3 Å². The number of carbonyl (C=O) groups excluding carboxylic acids is 1. The molecule has 3 rings (SSSR count). The number of likely N-dealkylation sites (tertiary alicyclic amines) is 1. The Kier molecular flexibility index (Phi) is 4.90. The van der Waals surface area contributed by atoms with E-state index in [-0.39, 0.29) is 11.7 Å². The quantitative estimate of drug-likeness (QED) is 0.939. The maximum atomic E-state index is 14.3. The number of benzene rings is 1. The van der Waals surface area contributed by atoms with E-state index in [1.54, 1.807) is 18.3 Å². The number of hydrogen-bond donors (Lipinski definition) is 1. The standard InChI is InChI=1S/C19H22FN3O/c1-15(24)22-19(17-7-2-3-8-18(17)20)9-12-23(13-10-19)14-16-6-4-5-11-21-16/h2-8,11H,9-10,12-14H2,1H3,(H,22,24). The largest absolute Gasteiger partial charge is 0.347 e. The van der Waals surface area contributed by atoms with Gasteiger partial charge in [0.15, 0.2) is 0 Å². The second-order valence-electron chi connectivity index (χ2n) is 6.34. The molecule has 24 heavy (non-hydrogen) atoms. The van der Waals surface area contributed by atoms with Crippen LogP contribution in [-0.2, 0) is 16.9 Å². The molecule has 0 unspecified atom stereocenters. The Balaban J connectivity index is 1.76. The molecule has 1 N–H and O–H groups in total. The number of halogens is 1. The minimum absolute atomic E-state index is 0.128. The third kappa shape index (κ3) is 3.62. The van der Waals surface area contributed by atoms with Gasteiger partial charge in [-0.2, -0.15) is 0 Å². The Morgan fingerprint density at radius 2 is 1.92 bits per heavy atom. The van der Waals surface area contributed by atoms with Gasteiger partial charge < -0.3 is 5.32 Å². The summed E-state index contributed by atoms with van der Waals surface area (Å²) in [5.74, 6) is -0.388. The number of amides is 1. The molecule has 0 spiro atoms. The minimum Gasteiger partial charge on any atom is -0.347 e. The second kappa shape index (κ2) is 7.09. The number of hydrogen-bond acceptors (Lipinski definition) is 3. The van der Waals surface area contributed by atoms with Crippen LogP contribution in [0.15, 0.2) is 48.7 Å². The molecule has 0 atom stereocenters. The predicted octanol–water partition coefficient (Wildman–Crippen LogP) is 2.85. The number of carbonyl (C=O) groups is 1. The van der Waals surface area contributed by atoms with Crippen LogP contribution in [0.4, 0.5) is 4.39 Å². The van der Waals surface area contributed by atoms with E-state index in [9.17, 15) is 9.18 Å². The number of piperidine rings is 1. The summed E-state index contributed by atoms with van der Waals surface area (Å²) < 4.78 is 14.3. The lowest BCUT2D eigenvalue weighted by atomic mass is 9.80. The van der Waals surface area contributed by atoms with E-state index in [2.05, 4.69) is 15.2 Å². The fourth-order valence-electron chi connectivity index (χ4n) is 3.46. The van der Waals surface area contributed by atoms with Gasteiger partial charge in [0.1, 0.15) is 5.82 Å². The molecule has 1 aromatic carbocycles. The van der Waals surface area contributed by atoms with Crippen LogP contribution >= 0.6 is 0 Å². The number of nitrogens with zero attached hydrogens (tertiary/aromatic N) is 2. The molecule has 5 heteroatoms. The average molecular weight is 327 g/mol. The lowest BCUT2D eigenvalue weighted by molar-refractivity contribution is -0.121. The van der Waals surface area contributed by atoms with Crippen molar-refractivity contribution in [2.75, 3.05) is 13.1 Å². The lowest BCUT2D eigenvalue weighted by Crippen LogP contribution is -2.52. The zero-order valence-electron chi connectivity index (χ0n) is 13.8. The van der Waals surface area contributed by atoms with Gasteiger partial charge in [0, 0.05) is 38.3 Å². The Morgan fingerprint density at radius 1 is 1.21 bits per heavy atom. The van der Waals surface area contributed by atoms with Crippen molar-refractivity contribution >= 4 is 5.91 Å². The van der Waals surface area contributed by atoms with Crippen LogP contribution < -0.4 is 5.32 Å². The van der Waals surface area contributed by atoms with E-state index in [1.165, 1.54) is 13.0 Å². The molecule has 2 heterocycles. The predicted molar refractivity (Wildman–Crippen MR) is 90.6 cm³/mol. The molecule has 1 saturated heterocycles. The van der Waals surface area contributed by atoms with E-state index in [1.807, 2.05) is 24.3 Å². The van der Waals surface area contributed by atoms with Crippen LogP contribution in [-0.4, -0.2) is 28.9 Å². The zero-order valence-corrected chi connectivity index (χ0v) is 13.8. The summed E-state index contributed by atoms with van der Waals surface area (Å²) >= 11 is 0. The van der Waals surface area contributed by atoms with Gasteiger partial charge in [-0.25, -0.2) is 4.39 Å². The third-order valence-electron chi connectivity index (χ3n) is 4.63. The fraction of sp³-hybridized carbons (Fsp3) is 0.368. The molecule has 2 aromatic rings. The second-order valence-corrected chi connectivity index (χ2v) is 6.34. The van der Waals surface area contributed by atoms with E-state index in [4.69, 9.17) is 0 Å². The number of pyridine rings is 1. The normalized spacial score (nSPS) is 17.4. The molecular weight excluding hydrogens is 305 g/mol. The van der Waals surface area contributed by atoms with Crippen molar-refractivity contribution in [3.05, 3.63) is 65.7 Å². The van der Waals surface area contributed by atoms with Gasteiger partial charge >= 0.3 is 0 Å². The topological polar surface area (TPSA) is 45.2 Å². The first kappa shape index (κ1) is 16.6. The Labute approximate surface area is 141 Å². The first-order chi connectivity index (χ1) is 11.6. The molecule has 1 aliphatic heterocycles. The van der Waals surface area contributed by atoms with Gasteiger partial charge in [-0.15, -0.1) is 0 Å². The van der Waals surface area contributed by atoms with Crippen LogP contribution in [0.3, 0.4) is 0 Å². The molecule has 0 saturated carbocycles. The molecule has 126 valence electrons. The summed E-state index contributed by atoms with van der Waals surface area (Å²) in [6.07, 6.45) is 3.15. The van der Waals surface area contributed by atoms with Crippen LogP contribution in [0.25, 0.3) is 0 Å². The summed E-state index contributed by atoms with van der Waals surface area (Å²) in [7, 11) is 0. The summed E-state index contributed by atoms with van der Waals surface area (Å²) in [5, 5.41) is 3.02. The van der Waals surface area contributed by atoms with Crippen molar-refractivity contribution in [1.82, 2.24) is 15.2 Å². The molecule has 0 radical (unpaired) electrons. The number of rotatable bonds is 4. The Hall–Kier alpha value is -2.27. The fourth-order valence-corrected chi connectivity index (χ4v) is 3.46. The van der Waals surface area contributed by atoms with Crippen molar-refractivity contribution in [2.24, 2.45) is 0 Å². The summed E-state index contributed by atoms with van der Waals surface area (Å²) in [5.41, 5.74) is 0.978. The molecule has 1 aliphatic rings. The Bertz CT molecular complexity index is 697. The number of nitrogens with one attached hydrogen (secondary N) is 1. The van der Waals surface area contributed by atoms with Gasteiger partial charge in [0.05, 0.1) is 11.2 Å². The maximum absolute atomic E-state index is 14.3. The molecule has 1 amide bonds. The van der Waals surface area contributed by atoms with Gasteiger partial charge in [-0.05, 0) is 31.0 Å². The van der Waals surface area contributed by atoms with Gasteiger partial charge in [0.25, 0.3) is 0 Å². The van der Waals surface area contributed by atoms with Gasteiger partial charge in [0.2, 0.25) is 5.91 Å². The average Bonchev–Trinajstić information content (AvgIpc) is 2.58. The molecule has 0 aliphatic carbocycles. The highest BCUT2D eigenvalue weighted by molar-refractivity contribution is 5.74. The van der Waals surface area contributed by atoms with Crippen LogP contribution in [0, 0.1) is 5.82 Å². The van der Waals surface area contributed by atoms with Gasteiger partial charge in [-0.3, -0.25) is 14.7 Å².